The molecule has 0 aliphatic rings. The minimum atomic E-state index is -0.426. The summed E-state index contributed by atoms with van der Waals surface area (Å²) in [4.78, 5) is 43.4. The first-order chi connectivity index (χ1) is 15.0. The molecule has 4 rings (SSSR count). The molecule has 162 valence electrons. The van der Waals surface area contributed by atoms with Gasteiger partial charge in [-0.25, -0.2) is 9.78 Å². The maximum atomic E-state index is 12.9. The third kappa shape index (κ3) is 4.09. The fraction of sp³-hybridized carbons (Fsp3) is 0.333. The van der Waals surface area contributed by atoms with Crippen molar-refractivity contribution in [2.24, 2.45) is 14.1 Å². The topological polar surface area (TPSA) is 108 Å². The number of fused-ring (bicyclic) bond motifs is 1. The molecule has 10 nitrogen and oxygen atoms in total. The van der Waals surface area contributed by atoms with Crippen molar-refractivity contribution in [3.05, 3.63) is 75.5 Å². The molecule has 4 aromatic heterocycles. The van der Waals surface area contributed by atoms with Gasteiger partial charge in [0.2, 0.25) is 5.91 Å². The van der Waals surface area contributed by atoms with Crippen molar-refractivity contribution in [2.75, 3.05) is 0 Å². The van der Waals surface area contributed by atoms with E-state index in [4.69, 9.17) is 8.83 Å². The molecule has 0 fully saturated rings. The molecule has 0 aromatic carbocycles. The SMILES string of the molecule is Cn1c(=O)c2c(ncn2CCCC(=O)N(Cc2ccco2)Cc2ccco2)n(C)c1=O. The van der Waals surface area contributed by atoms with E-state index in [1.54, 1.807) is 41.2 Å². The minimum Gasteiger partial charge on any atom is -0.467 e. The number of furan rings is 2. The van der Waals surface area contributed by atoms with Gasteiger partial charge in [0.05, 0.1) is 31.9 Å². The molecular formula is C21H23N5O5. The van der Waals surface area contributed by atoms with Gasteiger partial charge in [-0.15, -0.1) is 0 Å². The van der Waals surface area contributed by atoms with Gasteiger partial charge in [-0.3, -0.25) is 18.7 Å². The summed E-state index contributed by atoms with van der Waals surface area (Å²) in [6, 6.07) is 7.20. The van der Waals surface area contributed by atoms with Gasteiger partial charge in [0.25, 0.3) is 5.56 Å². The van der Waals surface area contributed by atoms with Gasteiger partial charge in [-0.2, -0.15) is 0 Å². The summed E-state index contributed by atoms with van der Waals surface area (Å²) in [7, 11) is 3.01. The molecule has 0 saturated carbocycles. The zero-order chi connectivity index (χ0) is 22.0. The number of carbonyl (C=O) groups excluding carboxylic acids is 1. The summed E-state index contributed by atoms with van der Waals surface area (Å²) in [5.74, 6) is 1.31. The monoisotopic (exact) mass is 425 g/mol. The second-order valence-electron chi connectivity index (χ2n) is 7.33. The molecule has 0 N–H and O–H groups in total. The van der Waals surface area contributed by atoms with Gasteiger partial charge in [-0.1, -0.05) is 0 Å². The van der Waals surface area contributed by atoms with E-state index < -0.39 is 11.2 Å². The predicted octanol–water partition coefficient (Wildman–Crippen LogP) is 1.63. The Kier molecular flexibility index (Phi) is 5.61. The second kappa shape index (κ2) is 8.50. The molecule has 31 heavy (non-hydrogen) atoms. The zero-order valence-corrected chi connectivity index (χ0v) is 17.4. The van der Waals surface area contributed by atoms with Crippen LogP contribution >= 0.6 is 0 Å². The van der Waals surface area contributed by atoms with Crippen LogP contribution in [0.3, 0.4) is 0 Å². The summed E-state index contributed by atoms with van der Waals surface area (Å²) >= 11 is 0. The van der Waals surface area contributed by atoms with E-state index in [-0.39, 0.29) is 12.3 Å². The molecule has 0 unspecified atom stereocenters. The number of hydrogen-bond acceptors (Lipinski definition) is 6. The summed E-state index contributed by atoms with van der Waals surface area (Å²) in [5, 5.41) is 0. The minimum absolute atomic E-state index is 0.0578. The van der Waals surface area contributed by atoms with Crippen molar-refractivity contribution in [2.45, 2.75) is 32.5 Å². The van der Waals surface area contributed by atoms with Crippen LogP contribution in [-0.4, -0.2) is 29.5 Å². The number of rotatable bonds is 8. The van der Waals surface area contributed by atoms with Crippen LogP contribution in [0, 0.1) is 0 Å². The lowest BCUT2D eigenvalue weighted by Crippen LogP contribution is -2.37. The fourth-order valence-corrected chi connectivity index (χ4v) is 3.54. The van der Waals surface area contributed by atoms with Gasteiger partial charge in [0.15, 0.2) is 11.2 Å². The molecule has 0 spiro atoms. The maximum Gasteiger partial charge on any atom is 0.332 e. The van der Waals surface area contributed by atoms with Gasteiger partial charge in [-0.05, 0) is 30.7 Å². The Morgan fingerprint density at radius 3 is 2.26 bits per heavy atom. The number of aryl methyl sites for hydroxylation is 2. The third-order valence-electron chi connectivity index (χ3n) is 5.21. The quantitative estimate of drug-likeness (QED) is 0.425. The Hall–Kier alpha value is -3.82. The van der Waals surface area contributed by atoms with Crippen LogP contribution in [-0.2, 0) is 38.5 Å². The molecule has 4 heterocycles. The van der Waals surface area contributed by atoms with Crippen molar-refractivity contribution in [1.82, 2.24) is 23.6 Å². The molecule has 0 bridgehead atoms. The Morgan fingerprint density at radius 2 is 1.68 bits per heavy atom. The highest BCUT2D eigenvalue weighted by atomic mass is 16.3. The summed E-state index contributed by atoms with van der Waals surface area (Å²) in [5.41, 5.74) is -0.152. The molecular weight excluding hydrogens is 402 g/mol. The molecule has 1 amide bonds. The standard InChI is InChI=1S/C21H23N5O5/c1-23-19-18(20(28)24(2)21(23)29)25(14-22-19)9-3-8-17(27)26(12-15-6-4-10-30-15)13-16-7-5-11-31-16/h4-7,10-11,14H,3,8-9,12-13H2,1-2H3. The lowest BCUT2D eigenvalue weighted by atomic mass is 10.2. The van der Waals surface area contributed by atoms with Crippen LogP contribution in [0.5, 0.6) is 0 Å². The number of imidazole rings is 1. The number of hydrogen-bond donors (Lipinski definition) is 0. The first-order valence-electron chi connectivity index (χ1n) is 9.89. The largest absolute Gasteiger partial charge is 0.467 e. The zero-order valence-electron chi connectivity index (χ0n) is 17.4. The normalized spacial score (nSPS) is 11.3. The number of nitrogens with zero attached hydrogens (tertiary/aromatic N) is 5. The summed E-state index contributed by atoms with van der Waals surface area (Å²) in [6.07, 6.45) is 5.45. The van der Waals surface area contributed by atoms with E-state index >= 15 is 0 Å². The van der Waals surface area contributed by atoms with E-state index in [0.29, 0.717) is 48.7 Å². The highest BCUT2D eigenvalue weighted by Crippen LogP contribution is 2.14. The van der Waals surface area contributed by atoms with Crippen molar-refractivity contribution >= 4 is 17.1 Å². The number of carbonyl (C=O) groups is 1. The van der Waals surface area contributed by atoms with Crippen LogP contribution in [0.25, 0.3) is 11.2 Å². The average molecular weight is 425 g/mol. The average Bonchev–Trinajstić information content (AvgIpc) is 3.52. The van der Waals surface area contributed by atoms with Crippen LogP contribution < -0.4 is 11.2 Å². The molecule has 0 aliphatic heterocycles. The van der Waals surface area contributed by atoms with Gasteiger partial charge < -0.3 is 18.3 Å². The lowest BCUT2D eigenvalue weighted by molar-refractivity contribution is -0.133. The molecule has 0 aliphatic carbocycles. The first-order valence-corrected chi connectivity index (χ1v) is 9.89. The van der Waals surface area contributed by atoms with Crippen molar-refractivity contribution < 1.29 is 13.6 Å². The van der Waals surface area contributed by atoms with Crippen molar-refractivity contribution in [3.8, 4) is 0 Å². The number of amides is 1. The second-order valence-corrected chi connectivity index (χ2v) is 7.33. The Bertz CT molecular complexity index is 1260. The predicted molar refractivity (Wildman–Crippen MR) is 111 cm³/mol. The summed E-state index contributed by atoms with van der Waals surface area (Å²) < 4.78 is 14.9. The van der Waals surface area contributed by atoms with Gasteiger partial charge in [0, 0.05) is 27.1 Å². The lowest BCUT2D eigenvalue weighted by Gasteiger charge is -2.20. The fourth-order valence-electron chi connectivity index (χ4n) is 3.54. The molecule has 10 heteroatoms. The van der Waals surface area contributed by atoms with E-state index in [1.807, 2.05) is 12.1 Å². The number of aromatic nitrogens is 4. The molecule has 4 aromatic rings. The maximum absolute atomic E-state index is 12.9. The highest BCUT2D eigenvalue weighted by molar-refractivity contribution is 5.76. The van der Waals surface area contributed by atoms with E-state index in [2.05, 4.69) is 4.98 Å². The molecule has 0 radical (unpaired) electrons. The van der Waals surface area contributed by atoms with Crippen LogP contribution in [0.1, 0.15) is 24.4 Å². The van der Waals surface area contributed by atoms with E-state index in [1.165, 1.54) is 17.9 Å². The van der Waals surface area contributed by atoms with E-state index in [0.717, 1.165) is 4.57 Å². The smallest absolute Gasteiger partial charge is 0.332 e. The Labute approximate surface area is 176 Å². The van der Waals surface area contributed by atoms with Gasteiger partial charge >= 0.3 is 5.69 Å². The van der Waals surface area contributed by atoms with Crippen LogP contribution in [0.4, 0.5) is 0 Å². The summed E-state index contributed by atoms with van der Waals surface area (Å²) in [6.45, 7) is 1.09. The van der Waals surface area contributed by atoms with Crippen molar-refractivity contribution in [1.29, 1.82) is 0 Å². The Morgan fingerprint density at radius 1 is 1.03 bits per heavy atom. The Balaban J connectivity index is 1.47. The van der Waals surface area contributed by atoms with Crippen molar-refractivity contribution in [3.63, 3.8) is 0 Å². The first kappa shape index (κ1) is 20.5. The van der Waals surface area contributed by atoms with Crippen LogP contribution in [0.15, 0.2) is 61.5 Å². The third-order valence-corrected chi connectivity index (χ3v) is 5.21. The molecule has 0 atom stereocenters. The van der Waals surface area contributed by atoms with Crippen LogP contribution in [0.2, 0.25) is 0 Å². The van der Waals surface area contributed by atoms with E-state index in [9.17, 15) is 14.4 Å². The highest BCUT2D eigenvalue weighted by Gasteiger charge is 2.18. The van der Waals surface area contributed by atoms with Gasteiger partial charge in [0.1, 0.15) is 11.5 Å². The molecule has 0 saturated heterocycles.